The maximum atomic E-state index is 5.31. The summed E-state index contributed by atoms with van der Waals surface area (Å²) in [7, 11) is 0. The Hall–Kier alpha value is -0.650. The van der Waals surface area contributed by atoms with Crippen molar-refractivity contribution < 1.29 is 0 Å². The second kappa shape index (κ2) is 8.71. The zero-order valence-corrected chi connectivity index (χ0v) is 15.0. The lowest BCUT2D eigenvalue weighted by atomic mass is 10.0. The standard InChI is InChI=1S/C16H24BrN3S/c1-13-4-2-10-20(12-13)11-3-9-18-16(21)19-15-7-5-14(17)6-8-15/h5-8,13H,2-4,9-12H2,1H3,(H2,18,19,21)/t13-/m1/s1. The third-order valence-corrected chi connectivity index (χ3v) is 4.55. The SMILES string of the molecule is C[C@@H]1CCCN(CCCNC(=S)Nc2ccc(Br)cc2)C1. The molecule has 5 heteroatoms. The average molecular weight is 370 g/mol. The summed E-state index contributed by atoms with van der Waals surface area (Å²) in [4.78, 5) is 2.57. The van der Waals surface area contributed by atoms with E-state index in [2.05, 4.69) is 38.4 Å². The molecule has 21 heavy (non-hydrogen) atoms. The van der Waals surface area contributed by atoms with Crippen LogP contribution in [0.25, 0.3) is 0 Å². The molecule has 1 fully saturated rings. The van der Waals surface area contributed by atoms with E-state index in [-0.39, 0.29) is 0 Å². The molecule has 0 spiro atoms. The van der Waals surface area contributed by atoms with E-state index in [9.17, 15) is 0 Å². The zero-order valence-electron chi connectivity index (χ0n) is 12.6. The van der Waals surface area contributed by atoms with E-state index in [1.165, 1.54) is 25.9 Å². The Morgan fingerprint density at radius 1 is 1.38 bits per heavy atom. The van der Waals surface area contributed by atoms with E-state index in [0.717, 1.165) is 35.6 Å². The first-order valence-electron chi connectivity index (χ1n) is 7.66. The van der Waals surface area contributed by atoms with Gasteiger partial charge in [-0.25, -0.2) is 0 Å². The number of halogens is 1. The van der Waals surface area contributed by atoms with Gasteiger partial charge in [-0.15, -0.1) is 0 Å². The molecule has 0 aromatic heterocycles. The highest BCUT2D eigenvalue weighted by Gasteiger charge is 2.15. The van der Waals surface area contributed by atoms with Crippen molar-refractivity contribution in [2.75, 3.05) is 31.5 Å². The first-order valence-corrected chi connectivity index (χ1v) is 8.86. The Labute approximate surface area is 141 Å². The van der Waals surface area contributed by atoms with Crippen molar-refractivity contribution in [1.82, 2.24) is 10.2 Å². The van der Waals surface area contributed by atoms with Crippen LogP contribution in [0, 0.1) is 5.92 Å². The number of benzene rings is 1. The molecular formula is C16H24BrN3S. The molecule has 1 heterocycles. The first kappa shape index (κ1) is 16.7. The summed E-state index contributed by atoms with van der Waals surface area (Å²) in [6.45, 7) is 6.95. The summed E-state index contributed by atoms with van der Waals surface area (Å²) in [6, 6.07) is 8.02. The molecule has 1 aliphatic rings. The molecule has 3 nitrogen and oxygen atoms in total. The number of piperidine rings is 1. The summed E-state index contributed by atoms with van der Waals surface area (Å²) in [6.07, 6.45) is 3.86. The number of rotatable bonds is 5. The van der Waals surface area contributed by atoms with Crippen LogP contribution in [0.5, 0.6) is 0 Å². The number of nitrogens with zero attached hydrogens (tertiary/aromatic N) is 1. The van der Waals surface area contributed by atoms with Gasteiger partial charge in [-0.05, 0) is 74.8 Å². The normalized spacial score (nSPS) is 19.2. The van der Waals surface area contributed by atoms with Crippen LogP contribution in [0.4, 0.5) is 5.69 Å². The Morgan fingerprint density at radius 3 is 2.86 bits per heavy atom. The monoisotopic (exact) mass is 369 g/mol. The van der Waals surface area contributed by atoms with Crippen molar-refractivity contribution in [2.45, 2.75) is 26.2 Å². The molecule has 116 valence electrons. The van der Waals surface area contributed by atoms with Gasteiger partial charge >= 0.3 is 0 Å². The van der Waals surface area contributed by atoms with Crippen LogP contribution >= 0.6 is 28.1 Å². The molecule has 1 aliphatic heterocycles. The molecular weight excluding hydrogens is 346 g/mol. The van der Waals surface area contributed by atoms with Gasteiger partial charge in [0.1, 0.15) is 0 Å². The molecule has 1 aromatic carbocycles. The third-order valence-electron chi connectivity index (χ3n) is 3.78. The van der Waals surface area contributed by atoms with E-state index in [1.807, 2.05) is 24.3 Å². The van der Waals surface area contributed by atoms with Gasteiger partial charge in [0.15, 0.2) is 5.11 Å². The van der Waals surface area contributed by atoms with Crippen molar-refractivity contribution in [3.63, 3.8) is 0 Å². The lowest BCUT2D eigenvalue weighted by molar-refractivity contribution is 0.182. The Morgan fingerprint density at radius 2 is 2.14 bits per heavy atom. The first-order chi connectivity index (χ1) is 10.1. The molecule has 1 atom stereocenters. The smallest absolute Gasteiger partial charge is 0.170 e. The highest BCUT2D eigenvalue weighted by molar-refractivity contribution is 9.10. The largest absolute Gasteiger partial charge is 0.362 e. The Kier molecular flexibility index (Phi) is 6.93. The lowest BCUT2D eigenvalue weighted by Gasteiger charge is -2.30. The molecule has 1 saturated heterocycles. The van der Waals surface area contributed by atoms with Crippen LogP contribution in [0.3, 0.4) is 0 Å². The molecule has 0 amide bonds. The summed E-state index contributed by atoms with van der Waals surface area (Å²) >= 11 is 8.73. The number of thiocarbonyl (C=S) groups is 1. The summed E-state index contributed by atoms with van der Waals surface area (Å²) in [5.74, 6) is 0.854. The van der Waals surface area contributed by atoms with Gasteiger partial charge in [0, 0.05) is 23.2 Å². The van der Waals surface area contributed by atoms with Gasteiger partial charge in [0.05, 0.1) is 0 Å². The maximum Gasteiger partial charge on any atom is 0.170 e. The number of hydrogen-bond donors (Lipinski definition) is 2. The molecule has 0 radical (unpaired) electrons. The summed E-state index contributed by atoms with van der Waals surface area (Å²) in [5, 5.41) is 7.18. The molecule has 1 aromatic rings. The third kappa shape index (κ3) is 6.32. The molecule has 0 bridgehead atoms. The quantitative estimate of drug-likeness (QED) is 0.608. The van der Waals surface area contributed by atoms with Gasteiger partial charge in [-0.2, -0.15) is 0 Å². The predicted octanol–water partition coefficient (Wildman–Crippen LogP) is 3.86. The van der Waals surface area contributed by atoms with E-state index < -0.39 is 0 Å². The van der Waals surface area contributed by atoms with Gasteiger partial charge in [-0.1, -0.05) is 22.9 Å². The zero-order chi connectivity index (χ0) is 15.1. The number of nitrogens with one attached hydrogen (secondary N) is 2. The van der Waals surface area contributed by atoms with Crippen molar-refractivity contribution in [2.24, 2.45) is 5.92 Å². The van der Waals surface area contributed by atoms with E-state index in [0.29, 0.717) is 5.11 Å². The second-order valence-electron chi connectivity index (χ2n) is 5.79. The molecule has 0 unspecified atom stereocenters. The highest BCUT2D eigenvalue weighted by Crippen LogP contribution is 2.15. The van der Waals surface area contributed by atoms with E-state index in [1.54, 1.807) is 0 Å². The highest BCUT2D eigenvalue weighted by atomic mass is 79.9. The van der Waals surface area contributed by atoms with Gasteiger partial charge in [0.2, 0.25) is 0 Å². The minimum absolute atomic E-state index is 0.698. The van der Waals surface area contributed by atoms with Crippen molar-refractivity contribution in [3.05, 3.63) is 28.7 Å². The van der Waals surface area contributed by atoms with E-state index >= 15 is 0 Å². The van der Waals surface area contributed by atoms with Gasteiger partial charge in [-0.3, -0.25) is 0 Å². The summed E-state index contributed by atoms with van der Waals surface area (Å²) in [5.41, 5.74) is 1.01. The Bertz CT molecular complexity index is 449. The minimum atomic E-state index is 0.698. The maximum absolute atomic E-state index is 5.31. The predicted molar refractivity (Wildman–Crippen MR) is 97.8 cm³/mol. The fraction of sp³-hybridized carbons (Fsp3) is 0.562. The fourth-order valence-electron chi connectivity index (χ4n) is 2.70. The number of anilines is 1. The number of hydrogen-bond acceptors (Lipinski definition) is 2. The van der Waals surface area contributed by atoms with Crippen LogP contribution in [-0.2, 0) is 0 Å². The second-order valence-corrected chi connectivity index (χ2v) is 7.11. The van der Waals surface area contributed by atoms with Crippen LogP contribution in [-0.4, -0.2) is 36.2 Å². The van der Waals surface area contributed by atoms with Gasteiger partial charge < -0.3 is 15.5 Å². The van der Waals surface area contributed by atoms with Crippen molar-refractivity contribution in [1.29, 1.82) is 0 Å². The number of likely N-dealkylation sites (tertiary alicyclic amines) is 1. The van der Waals surface area contributed by atoms with Crippen LogP contribution in [0.1, 0.15) is 26.2 Å². The molecule has 2 rings (SSSR count). The van der Waals surface area contributed by atoms with Crippen LogP contribution in [0.15, 0.2) is 28.7 Å². The topological polar surface area (TPSA) is 27.3 Å². The van der Waals surface area contributed by atoms with Crippen molar-refractivity contribution >= 4 is 38.9 Å². The van der Waals surface area contributed by atoms with Gasteiger partial charge in [0.25, 0.3) is 0 Å². The molecule has 0 saturated carbocycles. The minimum Gasteiger partial charge on any atom is -0.362 e. The average Bonchev–Trinajstić information content (AvgIpc) is 2.46. The van der Waals surface area contributed by atoms with Crippen LogP contribution in [0.2, 0.25) is 0 Å². The molecule has 2 N–H and O–H groups in total. The summed E-state index contributed by atoms with van der Waals surface area (Å²) < 4.78 is 1.07. The van der Waals surface area contributed by atoms with E-state index in [4.69, 9.17) is 12.2 Å². The fourth-order valence-corrected chi connectivity index (χ4v) is 3.19. The van der Waals surface area contributed by atoms with Crippen molar-refractivity contribution in [3.8, 4) is 0 Å². The Balaban J connectivity index is 1.59. The van der Waals surface area contributed by atoms with Crippen LogP contribution < -0.4 is 10.6 Å². The lowest BCUT2D eigenvalue weighted by Crippen LogP contribution is -2.37. The molecule has 0 aliphatic carbocycles.